The molecule has 0 radical (unpaired) electrons. The van der Waals surface area contributed by atoms with Gasteiger partial charge in [-0.1, -0.05) is 18.2 Å². The van der Waals surface area contributed by atoms with Crippen LogP contribution in [0.5, 0.6) is 11.6 Å². The van der Waals surface area contributed by atoms with Crippen molar-refractivity contribution in [2.24, 2.45) is 4.99 Å². The zero-order valence-corrected chi connectivity index (χ0v) is 18.3. The number of nitrogens with zero attached hydrogens (tertiary/aromatic N) is 3. The van der Waals surface area contributed by atoms with Crippen molar-refractivity contribution in [3.05, 3.63) is 84.1 Å². The fourth-order valence-corrected chi connectivity index (χ4v) is 2.41. The lowest BCUT2D eigenvalue weighted by Crippen LogP contribution is -2.37. The Labute approximate surface area is 186 Å². The zero-order chi connectivity index (χ0) is 19.6. The SMILES string of the molecule is CCNC(=NCc1ccc(Oc2cccc(F)c2)nc1)NCc1ccccn1.I. The number of aliphatic imine (C=N–C) groups is 1. The summed E-state index contributed by atoms with van der Waals surface area (Å²) >= 11 is 0. The molecule has 0 unspecified atom stereocenters. The van der Waals surface area contributed by atoms with Gasteiger partial charge in [0.1, 0.15) is 11.6 Å². The van der Waals surface area contributed by atoms with Gasteiger partial charge in [0.05, 0.1) is 18.8 Å². The number of nitrogens with one attached hydrogen (secondary N) is 2. The highest BCUT2D eigenvalue weighted by molar-refractivity contribution is 14.0. The van der Waals surface area contributed by atoms with Crippen molar-refractivity contribution in [1.82, 2.24) is 20.6 Å². The molecule has 0 fully saturated rings. The predicted molar refractivity (Wildman–Crippen MR) is 122 cm³/mol. The number of pyridine rings is 2. The molecule has 0 aliphatic rings. The number of ether oxygens (including phenoxy) is 1. The highest BCUT2D eigenvalue weighted by Crippen LogP contribution is 2.20. The van der Waals surface area contributed by atoms with E-state index in [9.17, 15) is 4.39 Å². The largest absolute Gasteiger partial charge is 0.439 e. The standard InChI is InChI=1S/C21H22FN5O.HI/c1-2-23-21(27-15-18-7-3-4-11-24-18)26-14-16-9-10-20(25-13-16)28-19-8-5-6-17(22)12-19;/h3-13H,2,14-15H2,1H3,(H2,23,26,27);1H. The molecule has 0 spiro atoms. The molecule has 3 aromatic rings. The third-order valence-electron chi connectivity index (χ3n) is 3.74. The van der Waals surface area contributed by atoms with Gasteiger partial charge in [-0.15, -0.1) is 24.0 Å². The van der Waals surface area contributed by atoms with Gasteiger partial charge in [0.25, 0.3) is 0 Å². The smallest absolute Gasteiger partial charge is 0.219 e. The van der Waals surface area contributed by atoms with Crippen LogP contribution in [0.2, 0.25) is 0 Å². The van der Waals surface area contributed by atoms with E-state index in [1.807, 2.05) is 31.2 Å². The normalized spacial score (nSPS) is 10.8. The summed E-state index contributed by atoms with van der Waals surface area (Å²) in [6.07, 6.45) is 3.46. The summed E-state index contributed by atoms with van der Waals surface area (Å²) in [5.41, 5.74) is 1.87. The van der Waals surface area contributed by atoms with Crippen LogP contribution < -0.4 is 15.4 Å². The van der Waals surface area contributed by atoms with Gasteiger partial charge in [0.15, 0.2) is 5.96 Å². The Bertz CT molecular complexity index is 906. The molecule has 29 heavy (non-hydrogen) atoms. The summed E-state index contributed by atoms with van der Waals surface area (Å²) in [6, 6.07) is 15.4. The van der Waals surface area contributed by atoms with Gasteiger partial charge in [-0.25, -0.2) is 14.4 Å². The summed E-state index contributed by atoms with van der Waals surface area (Å²) < 4.78 is 18.8. The second-order valence-corrected chi connectivity index (χ2v) is 5.93. The van der Waals surface area contributed by atoms with Gasteiger partial charge in [0.2, 0.25) is 5.88 Å². The number of halogens is 2. The fourth-order valence-electron chi connectivity index (χ4n) is 2.41. The van der Waals surface area contributed by atoms with Crippen LogP contribution in [0, 0.1) is 5.82 Å². The van der Waals surface area contributed by atoms with Crippen molar-refractivity contribution in [2.45, 2.75) is 20.0 Å². The van der Waals surface area contributed by atoms with Crippen molar-refractivity contribution in [3.63, 3.8) is 0 Å². The van der Waals surface area contributed by atoms with E-state index in [2.05, 4.69) is 25.6 Å². The summed E-state index contributed by atoms with van der Waals surface area (Å²) in [5.74, 6) is 1.16. The molecule has 0 atom stereocenters. The summed E-state index contributed by atoms with van der Waals surface area (Å²) in [7, 11) is 0. The Kier molecular flexibility index (Phi) is 9.29. The molecular weight excluding hydrogens is 484 g/mol. The highest BCUT2D eigenvalue weighted by atomic mass is 127. The van der Waals surface area contributed by atoms with E-state index in [-0.39, 0.29) is 29.8 Å². The number of guanidine groups is 1. The minimum absolute atomic E-state index is 0. The second kappa shape index (κ2) is 11.9. The molecule has 2 aromatic heterocycles. The van der Waals surface area contributed by atoms with Crippen LogP contribution in [-0.2, 0) is 13.1 Å². The average Bonchev–Trinajstić information content (AvgIpc) is 2.72. The van der Waals surface area contributed by atoms with Gasteiger partial charge in [-0.05, 0) is 36.8 Å². The Morgan fingerprint density at radius 2 is 1.97 bits per heavy atom. The topological polar surface area (TPSA) is 71.4 Å². The van der Waals surface area contributed by atoms with Crippen LogP contribution in [0.3, 0.4) is 0 Å². The third-order valence-corrected chi connectivity index (χ3v) is 3.74. The van der Waals surface area contributed by atoms with Crippen LogP contribution in [0.25, 0.3) is 0 Å². The predicted octanol–water partition coefficient (Wildman–Crippen LogP) is 4.28. The van der Waals surface area contributed by atoms with Gasteiger partial charge in [-0.3, -0.25) is 4.98 Å². The maximum absolute atomic E-state index is 13.2. The minimum atomic E-state index is -0.349. The Hall–Kier alpha value is -2.75. The maximum atomic E-state index is 13.2. The first-order chi connectivity index (χ1) is 13.7. The Morgan fingerprint density at radius 3 is 2.66 bits per heavy atom. The van der Waals surface area contributed by atoms with Gasteiger partial charge in [0, 0.05) is 31.1 Å². The molecule has 0 aliphatic carbocycles. The average molecular weight is 507 g/mol. The molecule has 0 saturated carbocycles. The molecule has 2 heterocycles. The molecule has 1 aromatic carbocycles. The van der Waals surface area contributed by atoms with E-state index in [0.29, 0.717) is 30.7 Å². The lowest BCUT2D eigenvalue weighted by molar-refractivity contribution is 0.457. The number of benzene rings is 1. The Morgan fingerprint density at radius 1 is 1.07 bits per heavy atom. The summed E-state index contributed by atoms with van der Waals surface area (Å²) in [4.78, 5) is 13.1. The third kappa shape index (κ3) is 7.65. The van der Waals surface area contributed by atoms with Crippen LogP contribution in [0.15, 0.2) is 72.0 Å². The molecule has 8 heteroatoms. The van der Waals surface area contributed by atoms with Crippen molar-refractivity contribution in [3.8, 4) is 11.6 Å². The quantitative estimate of drug-likeness (QED) is 0.284. The first-order valence-electron chi connectivity index (χ1n) is 9.03. The van der Waals surface area contributed by atoms with Gasteiger partial charge in [-0.2, -0.15) is 0 Å². The first-order valence-corrected chi connectivity index (χ1v) is 9.03. The van der Waals surface area contributed by atoms with Crippen LogP contribution in [-0.4, -0.2) is 22.5 Å². The van der Waals surface area contributed by atoms with E-state index >= 15 is 0 Å². The lowest BCUT2D eigenvalue weighted by atomic mass is 10.3. The number of aromatic nitrogens is 2. The number of rotatable bonds is 7. The molecule has 0 bridgehead atoms. The van der Waals surface area contributed by atoms with E-state index in [1.54, 1.807) is 30.6 Å². The monoisotopic (exact) mass is 507 g/mol. The molecule has 0 amide bonds. The molecule has 3 rings (SSSR count). The first kappa shape index (κ1) is 22.5. The summed E-state index contributed by atoms with van der Waals surface area (Å²) in [5, 5.41) is 6.46. The molecule has 0 aliphatic heterocycles. The highest BCUT2D eigenvalue weighted by Gasteiger charge is 2.02. The molecule has 2 N–H and O–H groups in total. The molecule has 152 valence electrons. The van der Waals surface area contributed by atoms with Crippen molar-refractivity contribution in [1.29, 1.82) is 0 Å². The van der Waals surface area contributed by atoms with Gasteiger partial charge >= 0.3 is 0 Å². The lowest BCUT2D eigenvalue weighted by Gasteiger charge is -2.11. The van der Waals surface area contributed by atoms with E-state index in [1.165, 1.54) is 12.1 Å². The number of hydrogen-bond acceptors (Lipinski definition) is 4. The van der Waals surface area contributed by atoms with Crippen molar-refractivity contribution >= 4 is 29.9 Å². The van der Waals surface area contributed by atoms with E-state index in [0.717, 1.165) is 17.8 Å². The molecule has 0 saturated heterocycles. The summed E-state index contributed by atoms with van der Waals surface area (Å²) in [6.45, 7) is 3.82. The zero-order valence-electron chi connectivity index (χ0n) is 16.0. The maximum Gasteiger partial charge on any atom is 0.219 e. The van der Waals surface area contributed by atoms with Crippen LogP contribution in [0.4, 0.5) is 4.39 Å². The van der Waals surface area contributed by atoms with Gasteiger partial charge < -0.3 is 15.4 Å². The molecular formula is C21H23FIN5O. The van der Waals surface area contributed by atoms with E-state index < -0.39 is 0 Å². The Balaban J connectivity index is 0.00000300. The van der Waals surface area contributed by atoms with Crippen LogP contribution in [0.1, 0.15) is 18.2 Å². The minimum Gasteiger partial charge on any atom is -0.439 e. The second-order valence-electron chi connectivity index (χ2n) is 5.93. The fraction of sp³-hybridized carbons (Fsp3) is 0.190. The van der Waals surface area contributed by atoms with Crippen molar-refractivity contribution in [2.75, 3.05) is 6.54 Å². The molecule has 6 nitrogen and oxygen atoms in total. The van der Waals surface area contributed by atoms with Crippen molar-refractivity contribution < 1.29 is 9.13 Å². The number of hydrogen-bond donors (Lipinski definition) is 2. The van der Waals surface area contributed by atoms with Crippen LogP contribution >= 0.6 is 24.0 Å². The van der Waals surface area contributed by atoms with E-state index in [4.69, 9.17) is 4.74 Å².